The van der Waals surface area contributed by atoms with Crippen LogP contribution in [0.15, 0.2) is 10.5 Å². The molecule has 86 valence electrons. The van der Waals surface area contributed by atoms with Crippen molar-refractivity contribution in [2.24, 2.45) is 0 Å². The first-order valence-corrected chi connectivity index (χ1v) is 5.87. The summed E-state index contributed by atoms with van der Waals surface area (Å²) in [6, 6.07) is 2.23. The number of hydrogen-bond donors (Lipinski definition) is 0. The summed E-state index contributed by atoms with van der Waals surface area (Å²) in [6.07, 6.45) is 0. The highest BCUT2D eigenvalue weighted by atomic mass is 16.3. The first-order valence-electron chi connectivity index (χ1n) is 5.87. The molecule has 0 aliphatic rings. The Morgan fingerprint density at radius 1 is 1.00 bits per heavy atom. The van der Waals surface area contributed by atoms with Crippen LogP contribution in [0, 0.1) is 0 Å². The van der Waals surface area contributed by atoms with Crippen LogP contribution in [0.25, 0.3) is 0 Å². The second-order valence-electron chi connectivity index (χ2n) is 5.99. The molecule has 0 amide bonds. The van der Waals surface area contributed by atoms with Crippen LogP contribution < -0.4 is 0 Å². The predicted octanol–water partition coefficient (Wildman–Crippen LogP) is 4.82. The monoisotopic (exact) mass is 208 g/mol. The average molecular weight is 208 g/mol. The highest BCUT2D eigenvalue weighted by molar-refractivity contribution is 5.30. The van der Waals surface area contributed by atoms with E-state index in [1.807, 2.05) is 0 Å². The van der Waals surface area contributed by atoms with E-state index in [2.05, 4.69) is 54.5 Å². The maximum Gasteiger partial charge on any atom is 0.112 e. The third kappa shape index (κ3) is 2.64. The van der Waals surface area contributed by atoms with Gasteiger partial charge in [0.25, 0.3) is 0 Å². The van der Waals surface area contributed by atoms with Gasteiger partial charge in [0.1, 0.15) is 11.5 Å². The fourth-order valence-electron chi connectivity index (χ4n) is 1.72. The van der Waals surface area contributed by atoms with Crippen molar-refractivity contribution in [2.75, 3.05) is 0 Å². The van der Waals surface area contributed by atoms with Crippen LogP contribution in [0.4, 0.5) is 0 Å². The van der Waals surface area contributed by atoms with Crippen LogP contribution in [-0.2, 0) is 5.41 Å². The lowest BCUT2D eigenvalue weighted by Crippen LogP contribution is -2.12. The van der Waals surface area contributed by atoms with Gasteiger partial charge in [-0.1, -0.05) is 48.5 Å². The highest BCUT2D eigenvalue weighted by Gasteiger charge is 2.25. The molecule has 0 bridgehead atoms. The van der Waals surface area contributed by atoms with Gasteiger partial charge in [0.05, 0.1) is 0 Å². The molecule has 15 heavy (non-hydrogen) atoms. The molecule has 0 spiro atoms. The molecule has 0 aliphatic heterocycles. The molecule has 1 heterocycles. The minimum absolute atomic E-state index is 0.104. The average Bonchev–Trinajstić information content (AvgIpc) is 2.45. The minimum atomic E-state index is 0.104. The van der Waals surface area contributed by atoms with Crippen LogP contribution in [-0.4, -0.2) is 0 Å². The smallest absolute Gasteiger partial charge is 0.112 e. The van der Waals surface area contributed by atoms with E-state index in [9.17, 15) is 0 Å². The SMILES string of the molecule is CC(C)c1cc(C(C)C)c(C(C)(C)C)o1. The third-order valence-electron chi connectivity index (χ3n) is 2.65. The molecule has 1 rings (SSSR count). The standard InChI is InChI=1S/C14H24O/c1-9(2)11-8-12(10(3)4)15-13(11)14(5,6)7/h8-10H,1-7H3. The van der Waals surface area contributed by atoms with E-state index in [4.69, 9.17) is 4.42 Å². The molecule has 0 atom stereocenters. The van der Waals surface area contributed by atoms with Gasteiger partial charge in [0, 0.05) is 11.3 Å². The van der Waals surface area contributed by atoms with Crippen LogP contribution in [0.3, 0.4) is 0 Å². The second-order valence-corrected chi connectivity index (χ2v) is 5.99. The first kappa shape index (κ1) is 12.4. The molecule has 0 unspecified atom stereocenters. The van der Waals surface area contributed by atoms with Crippen molar-refractivity contribution in [2.45, 2.75) is 65.7 Å². The maximum atomic E-state index is 6.00. The van der Waals surface area contributed by atoms with Crippen molar-refractivity contribution < 1.29 is 4.42 Å². The van der Waals surface area contributed by atoms with E-state index >= 15 is 0 Å². The van der Waals surface area contributed by atoms with Gasteiger partial charge in [0.15, 0.2) is 0 Å². The van der Waals surface area contributed by atoms with Gasteiger partial charge >= 0.3 is 0 Å². The summed E-state index contributed by atoms with van der Waals surface area (Å²) < 4.78 is 6.00. The van der Waals surface area contributed by atoms with Crippen molar-refractivity contribution in [3.63, 3.8) is 0 Å². The van der Waals surface area contributed by atoms with Crippen molar-refractivity contribution in [3.8, 4) is 0 Å². The summed E-state index contributed by atoms with van der Waals surface area (Å²) in [7, 11) is 0. The Balaban J connectivity index is 3.24. The Bertz CT molecular complexity index is 324. The van der Waals surface area contributed by atoms with E-state index in [1.54, 1.807) is 0 Å². The Morgan fingerprint density at radius 3 is 1.80 bits per heavy atom. The van der Waals surface area contributed by atoms with Gasteiger partial charge in [-0.3, -0.25) is 0 Å². The topological polar surface area (TPSA) is 13.1 Å². The van der Waals surface area contributed by atoms with Crippen molar-refractivity contribution in [3.05, 3.63) is 23.2 Å². The van der Waals surface area contributed by atoms with E-state index in [0.29, 0.717) is 11.8 Å². The summed E-state index contributed by atoms with van der Waals surface area (Å²) in [5.41, 5.74) is 1.47. The molecule has 1 aromatic rings. The molecule has 1 aromatic heterocycles. The summed E-state index contributed by atoms with van der Waals surface area (Å²) >= 11 is 0. The van der Waals surface area contributed by atoms with Crippen molar-refractivity contribution in [1.82, 2.24) is 0 Å². The lowest BCUT2D eigenvalue weighted by Gasteiger charge is -2.18. The summed E-state index contributed by atoms with van der Waals surface area (Å²) in [5.74, 6) is 3.28. The molecule has 0 aromatic carbocycles. The maximum absolute atomic E-state index is 6.00. The van der Waals surface area contributed by atoms with E-state index in [0.717, 1.165) is 11.5 Å². The Kier molecular flexibility index (Phi) is 3.32. The molecular weight excluding hydrogens is 184 g/mol. The third-order valence-corrected chi connectivity index (χ3v) is 2.65. The van der Waals surface area contributed by atoms with Gasteiger partial charge in [-0.15, -0.1) is 0 Å². The van der Waals surface area contributed by atoms with Crippen molar-refractivity contribution >= 4 is 0 Å². The molecule has 0 saturated heterocycles. The second kappa shape index (κ2) is 4.03. The van der Waals surface area contributed by atoms with Crippen molar-refractivity contribution in [1.29, 1.82) is 0 Å². The fraction of sp³-hybridized carbons (Fsp3) is 0.714. The molecule has 1 nitrogen and oxygen atoms in total. The van der Waals surface area contributed by atoms with Gasteiger partial charge in [0.2, 0.25) is 0 Å². The van der Waals surface area contributed by atoms with Crippen LogP contribution >= 0.6 is 0 Å². The van der Waals surface area contributed by atoms with E-state index in [-0.39, 0.29) is 5.41 Å². The number of rotatable bonds is 2. The minimum Gasteiger partial charge on any atom is -0.465 e. The zero-order valence-electron chi connectivity index (χ0n) is 11.1. The Hall–Kier alpha value is -0.720. The van der Waals surface area contributed by atoms with E-state index < -0.39 is 0 Å². The van der Waals surface area contributed by atoms with Gasteiger partial charge in [-0.05, 0) is 17.5 Å². The van der Waals surface area contributed by atoms with Crippen LogP contribution in [0.2, 0.25) is 0 Å². The zero-order valence-corrected chi connectivity index (χ0v) is 11.1. The Morgan fingerprint density at radius 2 is 1.53 bits per heavy atom. The summed E-state index contributed by atoms with van der Waals surface area (Å²) in [4.78, 5) is 0. The van der Waals surface area contributed by atoms with Gasteiger partial charge < -0.3 is 4.42 Å². The quantitative estimate of drug-likeness (QED) is 0.679. The largest absolute Gasteiger partial charge is 0.465 e. The molecule has 0 fully saturated rings. The number of hydrogen-bond acceptors (Lipinski definition) is 1. The molecule has 0 N–H and O–H groups in total. The van der Waals surface area contributed by atoms with Gasteiger partial charge in [-0.2, -0.15) is 0 Å². The summed E-state index contributed by atoms with van der Waals surface area (Å²) in [5, 5.41) is 0. The first-order chi connectivity index (χ1) is 6.73. The molecule has 1 heteroatoms. The van der Waals surface area contributed by atoms with Gasteiger partial charge in [-0.25, -0.2) is 0 Å². The zero-order chi connectivity index (χ0) is 11.8. The molecule has 0 radical (unpaired) electrons. The predicted molar refractivity (Wildman–Crippen MR) is 65.6 cm³/mol. The molecule has 0 saturated carbocycles. The molecular formula is C14H24O. The lowest BCUT2D eigenvalue weighted by molar-refractivity contribution is 0.372. The number of furan rings is 1. The van der Waals surface area contributed by atoms with Crippen LogP contribution in [0.5, 0.6) is 0 Å². The van der Waals surface area contributed by atoms with E-state index in [1.165, 1.54) is 5.56 Å². The highest BCUT2D eigenvalue weighted by Crippen LogP contribution is 2.35. The normalized spacial score (nSPS) is 12.9. The summed E-state index contributed by atoms with van der Waals surface area (Å²) in [6.45, 7) is 15.4. The fourth-order valence-corrected chi connectivity index (χ4v) is 1.72. The lowest BCUT2D eigenvalue weighted by atomic mass is 9.87. The molecule has 0 aliphatic carbocycles. The Labute approximate surface area is 93.9 Å². The van der Waals surface area contributed by atoms with Crippen LogP contribution in [0.1, 0.15) is 77.4 Å².